The van der Waals surface area contributed by atoms with Crippen molar-refractivity contribution in [3.8, 4) is 0 Å². The highest BCUT2D eigenvalue weighted by Gasteiger charge is 2.28. The van der Waals surface area contributed by atoms with Gasteiger partial charge in [-0.2, -0.15) is 0 Å². The highest BCUT2D eigenvalue weighted by Crippen LogP contribution is 2.32. The van der Waals surface area contributed by atoms with Crippen LogP contribution in [-0.4, -0.2) is 4.87 Å². The summed E-state index contributed by atoms with van der Waals surface area (Å²) < 4.78 is 12.4. The van der Waals surface area contributed by atoms with Gasteiger partial charge in [0.1, 0.15) is 5.83 Å². The maximum atomic E-state index is 12.4. The smallest absolute Gasteiger partial charge is 0.114 e. The van der Waals surface area contributed by atoms with Gasteiger partial charge in [-0.15, -0.1) is 11.6 Å². The lowest BCUT2D eigenvalue weighted by molar-refractivity contribution is 0.426. The average molecular weight is 151 g/mol. The number of allylic oxidation sites excluding steroid dienone is 1. The van der Waals surface area contributed by atoms with Gasteiger partial charge in [-0.25, -0.2) is 4.39 Å². The van der Waals surface area contributed by atoms with Crippen LogP contribution in [0.5, 0.6) is 0 Å². The van der Waals surface area contributed by atoms with Crippen molar-refractivity contribution in [3.63, 3.8) is 0 Å². The fourth-order valence-corrected chi connectivity index (χ4v) is 0.313. The van der Waals surface area contributed by atoms with Crippen molar-refractivity contribution in [2.45, 2.75) is 25.6 Å². The van der Waals surface area contributed by atoms with Gasteiger partial charge in [-0.1, -0.05) is 20.4 Å². The van der Waals surface area contributed by atoms with Crippen molar-refractivity contribution in [3.05, 3.63) is 12.4 Å². The molecular weight excluding hydrogens is 139 g/mol. The summed E-state index contributed by atoms with van der Waals surface area (Å²) >= 11 is 5.73. The van der Waals surface area contributed by atoms with Gasteiger partial charge in [0.25, 0.3) is 0 Å². The summed E-state index contributed by atoms with van der Waals surface area (Å²) in [6.45, 7) is 8.49. The first-order valence-corrected chi connectivity index (χ1v) is 3.30. The van der Waals surface area contributed by atoms with Crippen LogP contribution in [0.3, 0.4) is 0 Å². The molecule has 0 spiro atoms. The maximum Gasteiger partial charge on any atom is 0.114 e. The highest BCUT2D eigenvalue weighted by molar-refractivity contribution is 6.25. The van der Waals surface area contributed by atoms with E-state index < -0.39 is 10.7 Å². The third-order valence-corrected chi connectivity index (χ3v) is 2.26. The molecule has 0 saturated carbocycles. The van der Waals surface area contributed by atoms with Gasteiger partial charge in [0.15, 0.2) is 0 Å². The van der Waals surface area contributed by atoms with Gasteiger partial charge in [0.2, 0.25) is 0 Å². The van der Waals surface area contributed by atoms with Crippen molar-refractivity contribution in [1.29, 1.82) is 0 Å². The second-order valence-corrected chi connectivity index (χ2v) is 3.42. The first-order valence-electron chi connectivity index (χ1n) is 2.92. The molecule has 1 unspecified atom stereocenters. The fourth-order valence-electron chi connectivity index (χ4n) is 0.313. The van der Waals surface area contributed by atoms with Crippen LogP contribution < -0.4 is 0 Å². The van der Waals surface area contributed by atoms with E-state index in [1.54, 1.807) is 6.92 Å². The van der Waals surface area contributed by atoms with Crippen LogP contribution in [-0.2, 0) is 0 Å². The number of hydrogen-bond acceptors (Lipinski definition) is 0. The summed E-state index contributed by atoms with van der Waals surface area (Å²) in [5.41, 5.74) is 0. The third kappa shape index (κ3) is 1.98. The molecule has 0 amide bonds. The van der Waals surface area contributed by atoms with E-state index in [1.165, 1.54) is 0 Å². The van der Waals surface area contributed by atoms with E-state index >= 15 is 0 Å². The molecule has 0 nitrogen and oxygen atoms in total. The van der Waals surface area contributed by atoms with Crippen LogP contribution in [0, 0.1) is 5.92 Å². The van der Waals surface area contributed by atoms with Crippen LogP contribution in [0.2, 0.25) is 0 Å². The molecule has 1 atom stereocenters. The van der Waals surface area contributed by atoms with Gasteiger partial charge in [-0.3, -0.25) is 0 Å². The van der Waals surface area contributed by atoms with Crippen molar-refractivity contribution < 1.29 is 4.39 Å². The molecule has 0 heterocycles. The first-order chi connectivity index (χ1) is 3.89. The molecule has 0 rings (SSSR count). The predicted octanol–water partition coefficient (Wildman–Crippen LogP) is 3.12. The molecule has 54 valence electrons. The molecule has 0 saturated heterocycles. The summed E-state index contributed by atoms with van der Waals surface area (Å²) in [6.07, 6.45) is 0. The van der Waals surface area contributed by atoms with Crippen LogP contribution in [0.1, 0.15) is 20.8 Å². The SMILES string of the molecule is C=C(F)C(C)(Cl)C(C)C. The average Bonchev–Trinajstić information content (AvgIpc) is 1.65. The Kier molecular flexibility index (Phi) is 2.68. The summed E-state index contributed by atoms with van der Waals surface area (Å²) in [7, 11) is 0. The van der Waals surface area contributed by atoms with Gasteiger partial charge >= 0.3 is 0 Å². The van der Waals surface area contributed by atoms with Crippen LogP contribution in [0.4, 0.5) is 4.39 Å². The standard InChI is InChI=1S/C7H12ClF/c1-5(2)7(4,8)6(3)9/h5H,3H2,1-2,4H3. The second kappa shape index (κ2) is 2.70. The lowest BCUT2D eigenvalue weighted by Gasteiger charge is -2.23. The Morgan fingerprint density at radius 2 is 2.00 bits per heavy atom. The minimum absolute atomic E-state index is 0.0802. The molecule has 0 aliphatic carbocycles. The summed E-state index contributed by atoms with van der Waals surface area (Å²) in [4.78, 5) is -0.889. The lowest BCUT2D eigenvalue weighted by Crippen LogP contribution is -2.24. The number of alkyl halides is 1. The van der Waals surface area contributed by atoms with Gasteiger partial charge in [0.05, 0.1) is 4.87 Å². The minimum atomic E-state index is -0.889. The Morgan fingerprint density at radius 1 is 1.67 bits per heavy atom. The summed E-state index contributed by atoms with van der Waals surface area (Å²) in [5.74, 6) is -0.379. The number of rotatable bonds is 2. The Bertz CT molecular complexity index is 116. The van der Waals surface area contributed by atoms with E-state index in [4.69, 9.17) is 11.6 Å². The molecule has 2 heteroatoms. The first kappa shape index (κ1) is 8.96. The zero-order chi connectivity index (χ0) is 7.65. The molecule has 0 aromatic heterocycles. The molecule has 0 N–H and O–H groups in total. The van der Waals surface area contributed by atoms with Crippen LogP contribution in [0.15, 0.2) is 12.4 Å². The summed E-state index contributed by atoms with van der Waals surface area (Å²) in [5, 5.41) is 0. The Morgan fingerprint density at radius 3 is 2.00 bits per heavy atom. The summed E-state index contributed by atoms with van der Waals surface area (Å²) in [6, 6.07) is 0. The highest BCUT2D eigenvalue weighted by atomic mass is 35.5. The van der Waals surface area contributed by atoms with Crippen LogP contribution in [0.25, 0.3) is 0 Å². The monoisotopic (exact) mass is 150 g/mol. The van der Waals surface area contributed by atoms with E-state index in [2.05, 4.69) is 6.58 Å². The third-order valence-electron chi connectivity index (χ3n) is 1.61. The second-order valence-electron chi connectivity index (χ2n) is 2.64. The molecule has 0 aromatic rings. The Hall–Kier alpha value is -0.0400. The van der Waals surface area contributed by atoms with Crippen molar-refractivity contribution >= 4 is 11.6 Å². The van der Waals surface area contributed by atoms with E-state index in [0.717, 1.165) is 0 Å². The van der Waals surface area contributed by atoms with E-state index in [9.17, 15) is 4.39 Å². The lowest BCUT2D eigenvalue weighted by atomic mass is 9.96. The molecule has 0 aliphatic heterocycles. The minimum Gasteiger partial charge on any atom is -0.211 e. The van der Waals surface area contributed by atoms with Crippen molar-refractivity contribution in [2.24, 2.45) is 5.92 Å². The van der Waals surface area contributed by atoms with Crippen molar-refractivity contribution in [1.82, 2.24) is 0 Å². The van der Waals surface area contributed by atoms with Gasteiger partial charge in [-0.05, 0) is 12.8 Å². The van der Waals surface area contributed by atoms with Gasteiger partial charge in [0, 0.05) is 0 Å². The fraction of sp³-hybridized carbons (Fsp3) is 0.714. The van der Waals surface area contributed by atoms with Crippen molar-refractivity contribution in [2.75, 3.05) is 0 Å². The maximum absolute atomic E-state index is 12.4. The Labute approximate surface area is 60.7 Å². The zero-order valence-electron chi connectivity index (χ0n) is 6.04. The van der Waals surface area contributed by atoms with Crippen LogP contribution >= 0.6 is 11.6 Å². The largest absolute Gasteiger partial charge is 0.211 e. The number of halogens is 2. The van der Waals surface area contributed by atoms with Gasteiger partial charge < -0.3 is 0 Å². The molecule has 0 radical (unpaired) electrons. The van der Waals surface area contributed by atoms with E-state index in [1.807, 2.05) is 13.8 Å². The van der Waals surface area contributed by atoms with E-state index in [-0.39, 0.29) is 5.92 Å². The normalized spacial score (nSPS) is 17.6. The zero-order valence-corrected chi connectivity index (χ0v) is 6.80. The molecule has 0 fully saturated rings. The topological polar surface area (TPSA) is 0 Å². The van der Waals surface area contributed by atoms with E-state index in [0.29, 0.717) is 0 Å². The molecule has 0 aliphatic rings. The molecule has 0 aromatic carbocycles. The number of hydrogen-bond donors (Lipinski definition) is 0. The Balaban J connectivity index is 4.19. The molecule has 9 heavy (non-hydrogen) atoms. The molecule has 0 bridgehead atoms. The predicted molar refractivity (Wildman–Crippen MR) is 39.3 cm³/mol. The molecular formula is C7H12ClF. The quantitative estimate of drug-likeness (QED) is 0.531.